The molecule has 0 aliphatic heterocycles. The number of rotatable bonds is 5. The van der Waals surface area contributed by atoms with E-state index in [9.17, 15) is 4.79 Å². The maximum Gasteiger partial charge on any atom is 0.237 e. The number of carbonyl (C=O) groups is 1. The van der Waals surface area contributed by atoms with Gasteiger partial charge in [0.05, 0.1) is 11.1 Å². The van der Waals surface area contributed by atoms with Crippen molar-refractivity contribution in [2.75, 3.05) is 0 Å². The molecule has 1 aromatic carbocycles. The maximum atomic E-state index is 11.7. The van der Waals surface area contributed by atoms with Crippen LogP contribution < -0.4 is 10.6 Å². The molecule has 0 spiro atoms. The van der Waals surface area contributed by atoms with Crippen molar-refractivity contribution in [1.82, 2.24) is 10.6 Å². The highest BCUT2D eigenvalue weighted by Gasteiger charge is 2.25. The minimum absolute atomic E-state index is 0.0701. The van der Waals surface area contributed by atoms with Gasteiger partial charge in [0.25, 0.3) is 0 Å². The van der Waals surface area contributed by atoms with Crippen molar-refractivity contribution in [2.24, 2.45) is 0 Å². The number of hydrogen-bond acceptors (Lipinski definition) is 2. The number of halogens is 2. The van der Waals surface area contributed by atoms with Crippen molar-refractivity contribution in [3.05, 3.63) is 33.3 Å². The predicted octanol–water partition coefficient (Wildman–Crippen LogP) is 2.86. The van der Waals surface area contributed by atoms with Gasteiger partial charge < -0.3 is 10.6 Å². The molecule has 1 saturated carbocycles. The van der Waals surface area contributed by atoms with E-state index >= 15 is 0 Å². The Morgan fingerprint density at radius 1 is 1.56 bits per heavy atom. The van der Waals surface area contributed by atoms with Crippen molar-refractivity contribution >= 4 is 33.4 Å². The first-order valence-electron chi connectivity index (χ1n) is 6.04. The Labute approximate surface area is 120 Å². The van der Waals surface area contributed by atoms with Crippen LogP contribution in [0.4, 0.5) is 0 Å². The summed E-state index contributed by atoms with van der Waals surface area (Å²) in [7, 11) is 0. The highest BCUT2D eigenvalue weighted by Crippen LogP contribution is 2.23. The van der Waals surface area contributed by atoms with Crippen molar-refractivity contribution in [1.29, 1.82) is 0 Å². The van der Waals surface area contributed by atoms with Crippen LogP contribution >= 0.6 is 27.5 Å². The van der Waals surface area contributed by atoms with E-state index in [0.717, 1.165) is 22.9 Å². The lowest BCUT2D eigenvalue weighted by atomic mass is 10.2. The normalized spacial score (nSPS) is 16.4. The van der Waals surface area contributed by atoms with Gasteiger partial charge in [0.1, 0.15) is 0 Å². The summed E-state index contributed by atoms with van der Waals surface area (Å²) in [6.07, 6.45) is 2.22. The average Bonchev–Trinajstić information content (AvgIpc) is 3.14. The molecule has 1 aliphatic rings. The quantitative estimate of drug-likeness (QED) is 0.871. The van der Waals surface area contributed by atoms with Crippen LogP contribution in [0.1, 0.15) is 25.3 Å². The van der Waals surface area contributed by atoms with Crippen LogP contribution in [0.2, 0.25) is 5.02 Å². The lowest BCUT2D eigenvalue weighted by Crippen LogP contribution is -2.42. The van der Waals surface area contributed by atoms with Crippen molar-refractivity contribution in [3.63, 3.8) is 0 Å². The molecule has 0 bridgehead atoms. The molecule has 1 atom stereocenters. The number of amides is 1. The Bertz CT molecular complexity index is 449. The molecule has 98 valence electrons. The Hall–Kier alpha value is -0.580. The molecular formula is C13H16BrClN2O. The Morgan fingerprint density at radius 3 is 2.89 bits per heavy atom. The standard InChI is InChI=1S/C13H16BrClN2O/c1-8(13(18)17-10-3-4-10)16-7-9-2-5-11(14)12(15)6-9/h2,5-6,8,10,16H,3-4,7H2,1H3,(H,17,18). The van der Waals surface area contributed by atoms with Crippen LogP contribution in [0.5, 0.6) is 0 Å². The third-order valence-corrected chi connectivity index (χ3v) is 4.15. The molecule has 3 nitrogen and oxygen atoms in total. The van der Waals surface area contributed by atoms with Crippen molar-refractivity contribution < 1.29 is 4.79 Å². The number of hydrogen-bond donors (Lipinski definition) is 2. The zero-order chi connectivity index (χ0) is 13.1. The fraction of sp³-hybridized carbons (Fsp3) is 0.462. The summed E-state index contributed by atoms with van der Waals surface area (Å²) in [4.78, 5) is 11.7. The maximum absolute atomic E-state index is 11.7. The van der Waals surface area contributed by atoms with E-state index in [1.165, 1.54) is 0 Å². The molecule has 2 rings (SSSR count). The summed E-state index contributed by atoms with van der Waals surface area (Å²) in [5.74, 6) is 0.0701. The molecule has 0 radical (unpaired) electrons. The minimum atomic E-state index is -0.187. The van der Waals surface area contributed by atoms with Gasteiger partial charge in [-0.15, -0.1) is 0 Å². The van der Waals surface area contributed by atoms with Gasteiger partial charge in [-0.2, -0.15) is 0 Å². The summed E-state index contributed by atoms with van der Waals surface area (Å²) < 4.78 is 0.882. The summed E-state index contributed by atoms with van der Waals surface area (Å²) >= 11 is 9.37. The molecule has 1 aromatic rings. The molecular weight excluding hydrogens is 316 g/mol. The smallest absolute Gasteiger partial charge is 0.237 e. The number of carbonyl (C=O) groups excluding carboxylic acids is 1. The largest absolute Gasteiger partial charge is 0.352 e. The molecule has 2 N–H and O–H groups in total. The SMILES string of the molecule is CC(NCc1ccc(Br)c(Cl)c1)C(=O)NC1CC1. The molecule has 0 heterocycles. The molecule has 1 unspecified atom stereocenters. The summed E-state index contributed by atoms with van der Waals surface area (Å²) in [6.45, 7) is 2.50. The summed E-state index contributed by atoms with van der Waals surface area (Å²) in [6, 6.07) is 6.00. The zero-order valence-electron chi connectivity index (χ0n) is 10.2. The van der Waals surface area contributed by atoms with Gasteiger partial charge >= 0.3 is 0 Å². The molecule has 0 saturated heterocycles. The van der Waals surface area contributed by atoms with E-state index < -0.39 is 0 Å². The van der Waals surface area contributed by atoms with Crippen LogP contribution in [0.3, 0.4) is 0 Å². The molecule has 1 amide bonds. The topological polar surface area (TPSA) is 41.1 Å². The zero-order valence-corrected chi connectivity index (χ0v) is 12.5. The molecule has 18 heavy (non-hydrogen) atoms. The van der Waals surface area contributed by atoms with Crippen LogP contribution in [0.25, 0.3) is 0 Å². The second-order valence-electron chi connectivity index (χ2n) is 4.63. The summed E-state index contributed by atoms with van der Waals surface area (Å²) in [5.41, 5.74) is 1.06. The summed E-state index contributed by atoms with van der Waals surface area (Å²) in [5, 5.41) is 6.85. The van der Waals surface area contributed by atoms with Gasteiger partial charge in [0.15, 0.2) is 0 Å². The first-order chi connectivity index (χ1) is 8.56. The molecule has 1 aliphatic carbocycles. The average molecular weight is 332 g/mol. The van der Waals surface area contributed by atoms with E-state index in [4.69, 9.17) is 11.6 Å². The number of nitrogens with one attached hydrogen (secondary N) is 2. The van der Waals surface area contributed by atoms with E-state index in [-0.39, 0.29) is 11.9 Å². The minimum Gasteiger partial charge on any atom is -0.352 e. The fourth-order valence-corrected chi connectivity index (χ4v) is 2.02. The Kier molecular flexibility index (Phi) is 4.65. The van der Waals surface area contributed by atoms with Crippen LogP contribution in [-0.4, -0.2) is 18.0 Å². The van der Waals surface area contributed by atoms with Gasteiger partial charge in [-0.25, -0.2) is 0 Å². The second-order valence-corrected chi connectivity index (χ2v) is 5.90. The fourth-order valence-electron chi connectivity index (χ4n) is 1.57. The highest BCUT2D eigenvalue weighted by molar-refractivity contribution is 9.10. The lowest BCUT2D eigenvalue weighted by Gasteiger charge is -2.14. The van der Waals surface area contributed by atoms with Crippen LogP contribution in [-0.2, 0) is 11.3 Å². The van der Waals surface area contributed by atoms with Gasteiger partial charge in [0, 0.05) is 17.1 Å². The van der Waals surface area contributed by atoms with E-state index in [0.29, 0.717) is 17.6 Å². The van der Waals surface area contributed by atoms with E-state index in [2.05, 4.69) is 26.6 Å². The van der Waals surface area contributed by atoms with Crippen LogP contribution in [0, 0.1) is 0 Å². The Morgan fingerprint density at radius 2 is 2.28 bits per heavy atom. The van der Waals surface area contributed by atoms with Crippen LogP contribution in [0.15, 0.2) is 22.7 Å². The monoisotopic (exact) mass is 330 g/mol. The second kappa shape index (κ2) is 6.04. The van der Waals surface area contributed by atoms with E-state index in [1.54, 1.807) is 0 Å². The number of benzene rings is 1. The molecule has 5 heteroatoms. The Balaban J connectivity index is 1.82. The van der Waals surface area contributed by atoms with Gasteiger partial charge in [-0.1, -0.05) is 17.7 Å². The molecule has 0 aromatic heterocycles. The first-order valence-corrected chi connectivity index (χ1v) is 7.21. The van der Waals surface area contributed by atoms with Gasteiger partial charge in [-0.3, -0.25) is 4.79 Å². The van der Waals surface area contributed by atoms with Crippen molar-refractivity contribution in [3.8, 4) is 0 Å². The van der Waals surface area contributed by atoms with Crippen molar-refractivity contribution in [2.45, 2.75) is 38.4 Å². The first kappa shape index (κ1) is 13.8. The highest BCUT2D eigenvalue weighted by atomic mass is 79.9. The lowest BCUT2D eigenvalue weighted by molar-refractivity contribution is -0.122. The third kappa shape index (κ3) is 3.97. The molecule has 1 fully saturated rings. The predicted molar refractivity (Wildman–Crippen MR) is 76.6 cm³/mol. The van der Waals surface area contributed by atoms with E-state index in [1.807, 2.05) is 25.1 Å². The van der Waals surface area contributed by atoms with Gasteiger partial charge in [-0.05, 0) is 53.4 Å². The van der Waals surface area contributed by atoms with Gasteiger partial charge in [0.2, 0.25) is 5.91 Å². The third-order valence-electron chi connectivity index (χ3n) is 2.91.